The summed E-state index contributed by atoms with van der Waals surface area (Å²) in [6.07, 6.45) is -2.22. The second-order valence-electron chi connectivity index (χ2n) is 5.49. The largest absolute Gasteiger partial charge is 0.416 e. The van der Waals surface area contributed by atoms with Crippen LogP contribution in [0.1, 0.15) is 22.5 Å². The minimum Gasteiger partial charge on any atom is -0.336 e. The van der Waals surface area contributed by atoms with E-state index in [0.717, 1.165) is 18.6 Å². The predicted molar refractivity (Wildman–Crippen MR) is 77.1 cm³/mol. The Kier molecular flexibility index (Phi) is 3.85. The molecule has 0 aliphatic carbocycles. The first-order valence-electron chi connectivity index (χ1n) is 7.13. The zero-order chi connectivity index (χ0) is 16.6. The van der Waals surface area contributed by atoms with Crippen LogP contribution in [-0.2, 0) is 6.18 Å². The van der Waals surface area contributed by atoms with E-state index in [1.54, 1.807) is 4.90 Å². The molecular formula is C15H15F3N4O. The second-order valence-corrected chi connectivity index (χ2v) is 5.49. The number of carbonyl (C=O) groups is 1. The number of carbonyl (C=O) groups excluding carboxylic acids is 1. The molecule has 1 aliphatic rings. The van der Waals surface area contributed by atoms with Crippen molar-refractivity contribution in [2.24, 2.45) is 5.73 Å². The van der Waals surface area contributed by atoms with Crippen LogP contribution >= 0.6 is 0 Å². The third kappa shape index (κ3) is 3.21. The Morgan fingerprint density at radius 1 is 1.30 bits per heavy atom. The number of halogens is 3. The number of benzene rings is 1. The van der Waals surface area contributed by atoms with Gasteiger partial charge < -0.3 is 10.6 Å². The third-order valence-electron chi connectivity index (χ3n) is 3.76. The maximum Gasteiger partial charge on any atom is 0.416 e. The molecule has 0 radical (unpaired) electrons. The van der Waals surface area contributed by atoms with E-state index in [2.05, 4.69) is 5.10 Å². The highest BCUT2D eigenvalue weighted by Gasteiger charge is 2.31. The number of nitrogens with two attached hydrogens (primary N) is 1. The minimum atomic E-state index is -4.42. The lowest BCUT2D eigenvalue weighted by molar-refractivity contribution is -0.137. The molecule has 2 N–H and O–H groups in total. The average Bonchev–Trinajstić information content (AvgIpc) is 3.15. The van der Waals surface area contributed by atoms with Gasteiger partial charge >= 0.3 is 6.18 Å². The number of hydrogen-bond donors (Lipinski definition) is 1. The number of nitrogens with zero attached hydrogens (tertiary/aromatic N) is 3. The zero-order valence-corrected chi connectivity index (χ0v) is 12.1. The second kappa shape index (κ2) is 5.69. The monoisotopic (exact) mass is 324 g/mol. The van der Waals surface area contributed by atoms with Crippen molar-refractivity contribution >= 4 is 5.91 Å². The maximum absolute atomic E-state index is 12.8. The van der Waals surface area contributed by atoms with E-state index in [9.17, 15) is 18.0 Å². The van der Waals surface area contributed by atoms with Crippen LogP contribution in [0.15, 0.2) is 36.5 Å². The molecule has 2 heterocycles. The third-order valence-corrected chi connectivity index (χ3v) is 3.76. The lowest BCUT2D eigenvalue weighted by Gasteiger charge is -2.13. The van der Waals surface area contributed by atoms with Gasteiger partial charge in [0.2, 0.25) is 0 Å². The number of rotatable bonds is 2. The number of likely N-dealkylation sites (tertiary alicyclic amines) is 1. The van der Waals surface area contributed by atoms with Crippen molar-refractivity contribution in [3.05, 3.63) is 47.8 Å². The van der Waals surface area contributed by atoms with Gasteiger partial charge in [-0.2, -0.15) is 18.3 Å². The van der Waals surface area contributed by atoms with E-state index < -0.39 is 11.7 Å². The summed E-state index contributed by atoms with van der Waals surface area (Å²) >= 11 is 0. The fourth-order valence-corrected chi connectivity index (χ4v) is 2.54. The van der Waals surface area contributed by atoms with Gasteiger partial charge in [-0.3, -0.25) is 4.79 Å². The molecule has 1 atom stereocenters. The molecule has 1 saturated heterocycles. The normalized spacial score (nSPS) is 18.4. The average molecular weight is 324 g/mol. The quantitative estimate of drug-likeness (QED) is 0.920. The SMILES string of the molecule is NC1CCN(C(=O)c2ccn(-c3cccc(C(F)(F)F)c3)n2)C1. The van der Waals surface area contributed by atoms with Gasteiger partial charge in [0, 0.05) is 25.3 Å². The minimum absolute atomic E-state index is 0.0375. The molecule has 8 heteroatoms. The van der Waals surface area contributed by atoms with Crippen LogP contribution in [0.3, 0.4) is 0 Å². The Bertz CT molecular complexity index is 726. The number of amides is 1. The van der Waals surface area contributed by atoms with E-state index in [4.69, 9.17) is 5.73 Å². The van der Waals surface area contributed by atoms with Gasteiger partial charge in [-0.1, -0.05) is 6.07 Å². The highest BCUT2D eigenvalue weighted by atomic mass is 19.4. The first-order chi connectivity index (χ1) is 10.8. The van der Waals surface area contributed by atoms with Gasteiger partial charge in [0.25, 0.3) is 5.91 Å². The van der Waals surface area contributed by atoms with E-state index in [-0.39, 0.29) is 23.3 Å². The lowest BCUT2D eigenvalue weighted by Crippen LogP contribution is -2.32. The molecule has 0 spiro atoms. The van der Waals surface area contributed by atoms with Crippen molar-refractivity contribution in [1.82, 2.24) is 14.7 Å². The Balaban J connectivity index is 1.83. The van der Waals surface area contributed by atoms with Gasteiger partial charge in [-0.05, 0) is 30.7 Å². The molecule has 0 bridgehead atoms. The van der Waals surface area contributed by atoms with Crippen molar-refractivity contribution in [3.8, 4) is 5.69 Å². The summed E-state index contributed by atoms with van der Waals surface area (Å²) in [5.74, 6) is -0.260. The van der Waals surface area contributed by atoms with Crippen LogP contribution in [0.2, 0.25) is 0 Å². The van der Waals surface area contributed by atoms with Crippen molar-refractivity contribution < 1.29 is 18.0 Å². The van der Waals surface area contributed by atoms with Crippen LogP contribution < -0.4 is 5.73 Å². The van der Waals surface area contributed by atoms with Crippen molar-refractivity contribution in [1.29, 1.82) is 0 Å². The molecule has 1 aromatic carbocycles. The summed E-state index contributed by atoms with van der Waals surface area (Å²) in [6.45, 7) is 1.03. The Labute approximate surface area is 130 Å². The summed E-state index contributed by atoms with van der Waals surface area (Å²) in [6, 6.07) is 6.25. The fourth-order valence-electron chi connectivity index (χ4n) is 2.54. The standard InChI is InChI=1S/C15H15F3N4O/c16-15(17,18)10-2-1-3-12(8-10)22-7-5-13(20-22)14(23)21-6-4-11(19)9-21/h1-3,5,7-8,11H,4,6,9,19H2. The Hall–Kier alpha value is -2.35. The molecule has 1 fully saturated rings. The Morgan fingerprint density at radius 3 is 2.74 bits per heavy atom. The van der Waals surface area contributed by atoms with Crippen LogP contribution in [0, 0.1) is 0 Å². The van der Waals surface area contributed by atoms with Crippen molar-refractivity contribution in [3.63, 3.8) is 0 Å². The van der Waals surface area contributed by atoms with Gasteiger partial charge in [-0.15, -0.1) is 0 Å². The van der Waals surface area contributed by atoms with E-state index in [1.807, 2.05) is 0 Å². The molecule has 2 aromatic rings. The Morgan fingerprint density at radius 2 is 2.09 bits per heavy atom. The zero-order valence-electron chi connectivity index (χ0n) is 12.1. The summed E-state index contributed by atoms with van der Waals surface area (Å²) in [5.41, 5.74) is 5.45. The molecular weight excluding hydrogens is 309 g/mol. The smallest absolute Gasteiger partial charge is 0.336 e. The molecule has 1 amide bonds. The van der Waals surface area contributed by atoms with E-state index >= 15 is 0 Å². The fraction of sp³-hybridized carbons (Fsp3) is 0.333. The number of hydrogen-bond acceptors (Lipinski definition) is 3. The summed E-state index contributed by atoms with van der Waals surface area (Å²) < 4.78 is 39.5. The highest BCUT2D eigenvalue weighted by molar-refractivity contribution is 5.92. The van der Waals surface area contributed by atoms with Gasteiger partial charge in [0.05, 0.1) is 11.3 Å². The molecule has 1 unspecified atom stereocenters. The predicted octanol–water partition coefficient (Wildman–Crippen LogP) is 2.06. The molecule has 0 saturated carbocycles. The van der Waals surface area contributed by atoms with Crippen LogP contribution in [-0.4, -0.2) is 39.7 Å². The molecule has 5 nitrogen and oxygen atoms in total. The lowest BCUT2D eigenvalue weighted by atomic mass is 10.2. The number of alkyl halides is 3. The molecule has 1 aliphatic heterocycles. The first-order valence-corrected chi connectivity index (χ1v) is 7.13. The van der Waals surface area contributed by atoms with Crippen LogP contribution in [0.25, 0.3) is 5.69 Å². The van der Waals surface area contributed by atoms with Crippen LogP contribution in [0.4, 0.5) is 13.2 Å². The van der Waals surface area contributed by atoms with E-state index in [0.29, 0.717) is 13.1 Å². The number of aromatic nitrogens is 2. The van der Waals surface area contributed by atoms with Gasteiger partial charge in [0.15, 0.2) is 5.69 Å². The van der Waals surface area contributed by atoms with Crippen molar-refractivity contribution in [2.75, 3.05) is 13.1 Å². The molecule has 122 valence electrons. The topological polar surface area (TPSA) is 64.2 Å². The summed E-state index contributed by atoms with van der Waals surface area (Å²) in [7, 11) is 0. The van der Waals surface area contributed by atoms with Gasteiger partial charge in [-0.25, -0.2) is 4.68 Å². The molecule has 1 aromatic heterocycles. The van der Waals surface area contributed by atoms with Gasteiger partial charge in [0.1, 0.15) is 0 Å². The summed E-state index contributed by atoms with van der Waals surface area (Å²) in [5, 5.41) is 4.09. The molecule has 23 heavy (non-hydrogen) atoms. The summed E-state index contributed by atoms with van der Waals surface area (Å²) in [4.78, 5) is 13.9. The van der Waals surface area contributed by atoms with Crippen molar-refractivity contribution in [2.45, 2.75) is 18.6 Å². The first kappa shape index (κ1) is 15.5. The van der Waals surface area contributed by atoms with E-state index in [1.165, 1.54) is 29.1 Å². The maximum atomic E-state index is 12.8. The highest BCUT2D eigenvalue weighted by Crippen LogP contribution is 2.30. The molecule has 3 rings (SSSR count). The van der Waals surface area contributed by atoms with Crippen LogP contribution in [0.5, 0.6) is 0 Å².